The van der Waals surface area contributed by atoms with Gasteiger partial charge in [-0.15, -0.1) is 0 Å². The molecular formula is C19H19NO4. The molecular weight excluding hydrogens is 306 g/mol. The number of amides is 1. The average molecular weight is 325 g/mol. The number of hydrogen-bond donors (Lipinski definition) is 2. The van der Waals surface area contributed by atoms with Gasteiger partial charge in [0.2, 0.25) is 0 Å². The normalized spacial score (nSPS) is 18.7. The van der Waals surface area contributed by atoms with Gasteiger partial charge in [0.1, 0.15) is 6.61 Å². The molecule has 0 aliphatic heterocycles. The molecule has 0 spiro atoms. The van der Waals surface area contributed by atoms with E-state index in [1.54, 1.807) is 0 Å². The molecule has 0 heterocycles. The van der Waals surface area contributed by atoms with Crippen LogP contribution < -0.4 is 5.32 Å². The van der Waals surface area contributed by atoms with E-state index in [1.165, 1.54) is 0 Å². The lowest BCUT2D eigenvalue weighted by molar-refractivity contribution is -0.145. The first-order valence-electron chi connectivity index (χ1n) is 7.83. The van der Waals surface area contributed by atoms with Crippen molar-refractivity contribution in [1.29, 1.82) is 0 Å². The van der Waals surface area contributed by atoms with Gasteiger partial charge < -0.3 is 15.2 Å². The average Bonchev–Trinajstić information content (AvgIpc) is 2.93. The molecule has 5 nitrogen and oxygen atoms in total. The van der Waals surface area contributed by atoms with Gasteiger partial charge in [-0.2, -0.15) is 0 Å². The molecule has 3 rings (SSSR count). The third-order valence-electron chi connectivity index (χ3n) is 4.39. The lowest BCUT2D eigenvalue weighted by Crippen LogP contribution is -2.50. The fraction of sp³-hybridized carbons (Fsp3) is 0.263. The summed E-state index contributed by atoms with van der Waals surface area (Å²) in [5, 5.41) is 12.4. The third kappa shape index (κ3) is 2.97. The van der Waals surface area contributed by atoms with Crippen LogP contribution in [0.2, 0.25) is 0 Å². The standard InChI is InChI=1S/C19H19NO4/c1-13-7-8-15-9-10-19(17(21)22,16(15)11-13)20-18(23)24-12-14-5-3-2-4-6-14/h2-8,11H,9-10,12H2,1H3,(H,20,23)(H,21,22). The van der Waals surface area contributed by atoms with Crippen LogP contribution in [0.4, 0.5) is 4.79 Å². The van der Waals surface area contributed by atoms with Gasteiger partial charge in [0.15, 0.2) is 5.54 Å². The van der Waals surface area contributed by atoms with E-state index >= 15 is 0 Å². The molecule has 1 amide bonds. The largest absolute Gasteiger partial charge is 0.479 e. The molecule has 0 aromatic heterocycles. The Morgan fingerprint density at radius 3 is 2.67 bits per heavy atom. The number of rotatable bonds is 4. The third-order valence-corrected chi connectivity index (χ3v) is 4.39. The fourth-order valence-corrected chi connectivity index (χ4v) is 3.10. The first-order valence-corrected chi connectivity index (χ1v) is 7.83. The molecule has 124 valence electrons. The van der Waals surface area contributed by atoms with Crippen LogP contribution in [0.5, 0.6) is 0 Å². The van der Waals surface area contributed by atoms with Crippen molar-refractivity contribution in [3.63, 3.8) is 0 Å². The van der Waals surface area contributed by atoms with Crippen molar-refractivity contribution in [3.8, 4) is 0 Å². The number of hydrogen-bond acceptors (Lipinski definition) is 3. The van der Waals surface area contributed by atoms with Gasteiger partial charge in [-0.05, 0) is 36.5 Å². The number of nitrogens with one attached hydrogen (secondary N) is 1. The van der Waals surface area contributed by atoms with Crippen LogP contribution in [-0.4, -0.2) is 17.2 Å². The van der Waals surface area contributed by atoms with E-state index in [1.807, 2.05) is 55.5 Å². The maximum atomic E-state index is 12.2. The van der Waals surface area contributed by atoms with Crippen LogP contribution in [0.1, 0.15) is 28.7 Å². The summed E-state index contributed by atoms with van der Waals surface area (Å²) < 4.78 is 5.20. The summed E-state index contributed by atoms with van der Waals surface area (Å²) in [5.74, 6) is -1.07. The van der Waals surface area contributed by atoms with Gasteiger partial charge in [0, 0.05) is 0 Å². The number of carboxylic acids is 1. The first kappa shape index (κ1) is 16.1. The van der Waals surface area contributed by atoms with Gasteiger partial charge in [-0.25, -0.2) is 9.59 Å². The van der Waals surface area contributed by atoms with Crippen LogP contribution in [-0.2, 0) is 28.1 Å². The highest BCUT2D eigenvalue weighted by molar-refractivity contribution is 5.87. The molecule has 0 saturated carbocycles. The van der Waals surface area contributed by atoms with Crippen molar-refractivity contribution in [1.82, 2.24) is 5.32 Å². The lowest BCUT2D eigenvalue weighted by atomic mass is 9.91. The van der Waals surface area contributed by atoms with E-state index in [-0.39, 0.29) is 6.61 Å². The Labute approximate surface area is 140 Å². The Kier molecular flexibility index (Phi) is 4.25. The number of ether oxygens (including phenoxy) is 1. The molecule has 5 heteroatoms. The summed E-state index contributed by atoms with van der Waals surface area (Å²) in [7, 11) is 0. The number of benzene rings is 2. The minimum Gasteiger partial charge on any atom is -0.479 e. The molecule has 0 bridgehead atoms. The zero-order valence-corrected chi connectivity index (χ0v) is 13.4. The van der Waals surface area contributed by atoms with Crippen LogP contribution in [0, 0.1) is 6.92 Å². The van der Waals surface area contributed by atoms with Crippen LogP contribution in [0.15, 0.2) is 48.5 Å². The number of carboxylic acid groups (broad SMARTS) is 1. The molecule has 1 atom stereocenters. The predicted molar refractivity (Wildman–Crippen MR) is 88.6 cm³/mol. The lowest BCUT2D eigenvalue weighted by Gasteiger charge is -2.26. The van der Waals surface area contributed by atoms with Gasteiger partial charge in [-0.1, -0.05) is 54.1 Å². The summed E-state index contributed by atoms with van der Waals surface area (Å²) in [4.78, 5) is 24.1. The molecule has 2 N–H and O–H groups in total. The Hall–Kier alpha value is -2.82. The van der Waals surface area contributed by atoms with Crippen molar-refractivity contribution >= 4 is 12.1 Å². The Bertz CT molecular complexity index is 772. The molecule has 2 aromatic rings. The van der Waals surface area contributed by atoms with Gasteiger partial charge in [0.05, 0.1) is 0 Å². The Morgan fingerprint density at radius 2 is 1.96 bits per heavy atom. The zero-order chi connectivity index (χ0) is 17.2. The summed E-state index contributed by atoms with van der Waals surface area (Å²) in [5.41, 5.74) is 1.98. The maximum absolute atomic E-state index is 12.2. The number of carbonyl (C=O) groups is 2. The van der Waals surface area contributed by atoms with Crippen molar-refractivity contribution < 1.29 is 19.4 Å². The molecule has 0 radical (unpaired) electrons. The van der Waals surface area contributed by atoms with Crippen molar-refractivity contribution in [2.24, 2.45) is 0 Å². The Morgan fingerprint density at radius 1 is 1.21 bits per heavy atom. The summed E-state index contributed by atoms with van der Waals surface area (Å²) in [6, 6.07) is 15.0. The summed E-state index contributed by atoms with van der Waals surface area (Å²) >= 11 is 0. The maximum Gasteiger partial charge on any atom is 0.408 e. The van der Waals surface area contributed by atoms with Crippen LogP contribution in [0.25, 0.3) is 0 Å². The number of carbonyl (C=O) groups excluding carboxylic acids is 1. The fourth-order valence-electron chi connectivity index (χ4n) is 3.10. The number of fused-ring (bicyclic) bond motifs is 1. The summed E-state index contributed by atoms with van der Waals surface area (Å²) in [6.07, 6.45) is 0.207. The molecule has 0 fully saturated rings. The number of aryl methyl sites for hydroxylation is 2. The minimum absolute atomic E-state index is 0.100. The SMILES string of the molecule is Cc1ccc2c(c1)C(NC(=O)OCc1ccccc1)(C(=O)O)CC2. The highest BCUT2D eigenvalue weighted by Gasteiger charge is 2.47. The summed E-state index contributed by atoms with van der Waals surface area (Å²) in [6.45, 7) is 2.00. The van der Waals surface area contributed by atoms with Gasteiger partial charge in [-0.3, -0.25) is 0 Å². The second-order valence-electron chi connectivity index (χ2n) is 6.06. The number of alkyl carbamates (subject to hydrolysis) is 1. The second-order valence-corrected chi connectivity index (χ2v) is 6.06. The molecule has 1 unspecified atom stereocenters. The molecule has 2 aromatic carbocycles. The molecule has 1 aliphatic carbocycles. The van der Waals surface area contributed by atoms with E-state index in [4.69, 9.17) is 4.74 Å². The number of aliphatic carboxylic acids is 1. The monoisotopic (exact) mass is 325 g/mol. The molecule has 24 heavy (non-hydrogen) atoms. The predicted octanol–water partition coefficient (Wildman–Crippen LogP) is 3.15. The van der Waals surface area contributed by atoms with Crippen molar-refractivity contribution in [2.45, 2.75) is 31.9 Å². The van der Waals surface area contributed by atoms with Gasteiger partial charge in [0.25, 0.3) is 0 Å². The topological polar surface area (TPSA) is 75.6 Å². The van der Waals surface area contributed by atoms with Crippen LogP contribution in [0.3, 0.4) is 0 Å². The smallest absolute Gasteiger partial charge is 0.408 e. The molecule has 0 saturated heterocycles. The highest BCUT2D eigenvalue weighted by Crippen LogP contribution is 2.38. The van der Waals surface area contributed by atoms with E-state index in [0.717, 1.165) is 16.7 Å². The van der Waals surface area contributed by atoms with Crippen molar-refractivity contribution in [3.05, 3.63) is 70.8 Å². The van der Waals surface area contributed by atoms with E-state index in [0.29, 0.717) is 18.4 Å². The van der Waals surface area contributed by atoms with Gasteiger partial charge >= 0.3 is 12.1 Å². The molecule has 1 aliphatic rings. The quantitative estimate of drug-likeness (QED) is 0.905. The second kappa shape index (κ2) is 6.35. The highest BCUT2D eigenvalue weighted by atomic mass is 16.5. The first-order chi connectivity index (χ1) is 11.5. The van der Waals surface area contributed by atoms with E-state index < -0.39 is 17.6 Å². The minimum atomic E-state index is -1.42. The van der Waals surface area contributed by atoms with Crippen molar-refractivity contribution in [2.75, 3.05) is 0 Å². The van der Waals surface area contributed by atoms with Crippen LogP contribution >= 0.6 is 0 Å². The Balaban J connectivity index is 1.77. The van der Waals surface area contributed by atoms with E-state index in [9.17, 15) is 14.7 Å². The van der Waals surface area contributed by atoms with E-state index in [2.05, 4.69) is 5.32 Å². The zero-order valence-electron chi connectivity index (χ0n) is 13.4.